The third-order valence-corrected chi connectivity index (χ3v) is 6.74. The number of nitrogens with two attached hydrogens (primary N) is 1. The number of carboxylic acids is 1. The molecule has 6 aliphatic carbocycles. The van der Waals surface area contributed by atoms with Crippen LogP contribution in [-0.2, 0) is 14.4 Å². The van der Waals surface area contributed by atoms with Crippen LogP contribution < -0.4 is 11.1 Å². The number of hydrogen-bond donors (Lipinski definition) is 3. The Bertz CT molecular complexity index is 669. The van der Waals surface area contributed by atoms with Crippen LogP contribution in [0.4, 0.5) is 0 Å². The monoisotopic (exact) mass is 288 g/mol. The highest BCUT2D eigenvalue weighted by Crippen LogP contribution is 3.03. The summed E-state index contributed by atoms with van der Waals surface area (Å²) < 4.78 is 0. The largest absolute Gasteiger partial charge is 0.480 e. The maximum atomic E-state index is 12.2. The number of rotatable bonds is 7. The van der Waals surface area contributed by atoms with Crippen LogP contribution in [0.15, 0.2) is 11.1 Å². The van der Waals surface area contributed by atoms with Gasteiger partial charge in [0.1, 0.15) is 6.04 Å². The van der Waals surface area contributed by atoms with E-state index in [4.69, 9.17) is 10.8 Å². The number of carbonyl (C=O) groups is 3. The zero-order chi connectivity index (χ0) is 14.7. The molecule has 0 aromatic rings. The second kappa shape index (κ2) is 3.15. The molecule has 0 spiro atoms. The summed E-state index contributed by atoms with van der Waals surface area (Å²) in [5.74, 6) is 2.07. The Kier molecular flexibility index (Phi) is 1.77. The van der Waals surface area contributed by atoms with E-state index in [-0.39, 0.29) is 24.2 Å². The van der Waals surface area contributed by atoms with Crippen LogP contribution in [0.5, 0.6) is 0 Å². The summed E-state index contributed by atoms with van der Waals surface area (Å²) >= 11 is 0. The highest BCUT2D eigenvalue weighted by atomic mass is 16.4. The molecule has 4 fully saturated rings. The molecule has 6 rings (SSSR count). The van der Waals surface area contributed by atoms with Crippen molar-refractivity contribution in [1.29, 1.82) is 0 Å². The van der Waals surface area contributed by atoms with Crippen molar-refractivity contribution in [3.63, 3.8) is 0 Å². The highest BCUT2D eigenvalue weighted by Gasteiger charge is 2.98. The van der Waals surface area contributed by atoms with Crippen molar-refractivity contribution in [3.05, 3.63) is 11.1 Å². The van der Waals surface area contributed by atoms with Gasteiger partial charge in [-0.1, -0.05) is 11.1 Å². The molecule has 4 saturated carbocycles. The molecule has 0 aromatic carbocycles. The third-order valence-electron chi connectivity index (χ3n) is 6.74. The Morgan fingerprint density at radius 3 is 2.57 bits per heavy atom. The number of carbonyl (C=O) groups excluding carboxylic acids is 2. The Labute approximate surface area is 120 Å². The fourth-order valence-corrected chi connectivity index (χ4v) is 6.20. The number of nitrogens with one attached hydrogen (secondary N) is 1. The molecule has 6 unspecified atom stereocenters. The van der Waals surface area contributed by atoms with E-state index in [1.165, 1.54) is 0 Å². The van der Waals surface area contributed by atoms with E-state index in [1.807, 2.05) is 0 Å². The summed E-state index contributed by atoms with van der Waals surface area (Å²) in [6.45, 7) is 0. The van der Waals surface area contributed by atoms with E-state index in [2.05, 4.69) is 5.32 Å². The number of hydrogen-bond acceptors (Lipinski definition) is 3. The quantitative estimate of drug-likeness (QED) is 0.556. The average Bonchev–Trinajstić information content (AvgIpc) is 2.43. The lowest BCUT2D eigenvalue weighted by Crippen LogP contribution is -2.96. The van der Waals surface area contributed by atoms with Crippen molar-refractivity contribution in [3.8, 4) is 0 Å². The predicted molar refractivity (Wildman–Crippen MR) is 69.5 cm³/mol. The molecule has 6 nitrogen and oxygen atoms in total. The van der Waals surface area contributed by atoms with Crippen LogP contribution in [0.3, 0.4) is 0 Å². The summed E-state index contributed by atoms with van der Waals surface area (Å²) in [6, 6.07) is -1.02. The van der Waals surface area contributed by atoms with E-state index in [0.717, 1.165) is 23.7 Å². The van der Waals surface area contributed by atoms with Crippen LogP contribution in [0.2, 0.25) is 0 Å². The van der Waals surface area contributed by atoms with Crippen LogP contribution in [0.25, 0.3) is 0 Å². The molecule has 2 amide bonds. The van der Waals surface area contributed by atoms with Gasteiger partial charge >= 0.3 is 5.97 Å². The molecule has 0 aromatic heterocycles. The summed E-state index contributed by atoms with van der Waals surface area (Å²) in [5.41, 5.74) is 8.35. The molecule has 6 heteroatoms. The molecule has 0 heterocycles. The minimum Gasteiger partial charge on any atom is -0.480 e. The summed E-state index contributed by atoms with van der Waals surface area (Å²) in [4.78, 5) is 34.1. The second-order valence-electron chi connectivity index (χ2n) is 7.18. The Morgan fingerprint density at radius 2 is 2.10 bits per heavy atom. The molecule has 6 aliphatic rings. The van der Waals surface area contributed by atoms with Gasteiger partial charge in [-0.05, 0) is 36.0 Å². The van der Waals surface area contributed by atoms with Crippen LogP contribution >= 0.6 is 0 Å². The van der Waals surface area contributed by atoms with Crippen molar-refractivity contribution in [2.45, 2.75) is 25.3 Å². The van der Waals surface area contributed by atoms with Crippen LogP contribution in [0, 0.1) is 35.0 Å². The van der Waals surface area contributed by atoms with E-state index in [1.54, 1.807) is 11.1 Å². The molecular weight excluding hydrogens is 272 g/mol. The first-order valence-corrected chi connectivity index (χ1v) is 7.53. The third kappa shape index (κ3) is 0.962. The van der Waals surface area contributed by atoms with Gasteiger partial charge in [-0.15, -0.1) is 0 Å². The predicted octanol–water partition coefficient (Wildman–Crippen LogP) is -0.357. The topological polar surface area (TPSA) is 109 Å². The molecule has 0 radical (unpaired) electrons. The van der Waals surface area contributed by atoms with Gasteiger partial charge in [0, 0.05) is 18.3 Å². The van der Waals surface area contributed by atoms with Crippen molar-refractivity contribution in [2.24, 2.45) is 40.7 Å². The Morgan fingerprint density at radius 1 is 1.33 bits per heavy atom. The van der Waals surface area contributed by atoms with Crippen molar-refractivity contribution < 1.29 is 19.5 Å². The maximum absolute atomic E-state index is 12.2. The molecular formula is C15H16N2O4. The van der Waals surface area contributed by atoms with Crippen LogP contribution in [0.1, 0.15) is 19.3 Å². The van der Waals surface area contributed by atoms with Gasteiger partial charge < -0.3 is 16.2 Å². The molecule has 7 atom stereocenters. The first-order valence-electron chi connectivity index (χ1n) is 7.53. The zero-order valence-electron chi connectivity index (χ0n) is 11.3. The molecule has 0 bridgehead atoms. The minimum atomic E-state index is -1.11. The number of carboxylic acid groups (broad SMARTS) is 1. The van der Waals surface area contributed by atoms with Crippen LogP contribution in [-0.4, -0.2) is 28.9 Å². The van der Waals surface area contributed by atoms with Gasteiger partial charge in [0.25, 0.3) is 0 Å². The molecule has 4 N–H and O–H groups in total. The molecule has 21 heavy (non-hydrogen) atoms. The molecule has 110 valence electrons. The number of amides is 2. The van der Waals surface area contributed by atoms with E-state index in [0.29, 0.717) is 12.3 Å². The van der Waals surface area contributed by atoms with Crippen molar-refractivity contribution in [2.75, 3.05) is 0 Å². The zero-order valence-corrected chi connectivity index (χ0v) is 11.3. The van der Waals surface area contributed by atoms with Gasteiger partial charge in [-0.2, -0.15) is 0 Å². The lowest BCUT2D eigenvalue weighted by Gasteiger charge is -3.00. The number of primary amides is 1. The Balaban J connectivity index is 1.22. The van der Waals surface area contributed by atoms with Gasteiger partial charge in [-0.25, -0.2) is 4.79 Å². The molecule has 0 saturated heterocycles. The maximum Gasteiger partial charge on any atom is 0.326 e. The fraction of sp³-hybridized carbons (Fsp3) is 0.667. The highest BCUT2D eigenvalue weighted by molar-refractivity contribution is 5.87. The SMILES string of the molecule is NC(=O)CC[C@H](NC(=O)CC12C3=C4C5C3C1C5C42)C(=O)O. The van der Waals surface area contributed by atoms with Crippen molar-refractivity contribution >= 4 is 17.8 Å². The fourth-order valence-electron chi connectivity index (χ4n) is 6.20. The van der Waals surface area contributed by atoms with E-state index < -0.39 is 17.9 Å². The van der Waals surface area contributed by atoms with Gasteiger partial charge in [0.05, 0.1) is 0 Å². The summed E-state index contributed by atoms with van der Waals surface area (Å²) in [7, 11) is 0. The number of aliphatic carboxylic acids is 1. The minimum absolute atomic E-state index is 0.0330. The van der Waals surface area contributed by atoms with Gasteiger partial charge in [0.2, 0.25) is 11.8 Å². The van der Waals surface area contributed by atoms with E-state index in [9.17, 15) is 14.4 Å². The number of allylic oxidation sites excluding steroid dienone is 2. The lowest BCUT2D eigenvalue weighted by atomic mass is 9.02. The summed E-state index contributed by atoms with van der Waals surface area (Å²) in [5, 5.41) is 11.7. The first-order chi connectivity index (χ1) is 9.98. The lowest BCUT2D eigenvalue weighted by molar-refractivity contribution is -0.392. The average molecular weight is 288 g/mol. The second-order valence-corrected chi connectivity index (χ2v) is 7.18. The summed E-state index contributed by atoms with van der Waals surface area (Å²) in [6.07, 6.45) is 0.452. The van der Waals surface area contributed by atoms with Gasteiger partial charge in [0.15, 0.2) is 0 Å². The van der Waals surface area contributed by atoms with E-state index >= 15 is 0 Å². The standard InChI is InChI=1S/C15H16N2O4/c16-5(18)2-1-4(14(20)21)17-6(19)3-15-11-8-7-9(11)13(15)10(7)12(8)15/h4,7-9,11-12H,1-3H2,(H2,16,18)(H,17,19)(H,20,21)/t4-,7?,8?,9?,11?,12?,15?/m0/s1. The Hall–Kier alpha value is -1.85. The van der Waals surface area contributed by atoms with Crippen molar-refractivity contribution in [1.82, 2.24) is 5.32 Å². The molecule has 0 aliphatic heterocycles. The normalized spacial score (nSPS) is 46.0. The smallest absolute Gasteiger partial charge is 0.326 e. The van der Waals surface area contributed by atoms with Gasteiger partial charge in [-0.3, -0.25) is 9.59 Å². The first kappa shape index (κ1) is 11.8.